The minimum atomic E-state index is -3.22. The summed E-state index contributed by atoms with van der Waals surface area (Å²) < 4.78 is 25.8. The molecule has 0 aromatic heterocycles. The number of nitrogens with zero attached hydrogens (tertiary/aromatic N) is 1. The van der Waals surface area contributed by atoms with Crippen LogP contribution in [0.3, 0.4) is 0 Å². The molecule has 0 unspecified atom stereocenters. The molecular weight excluding hydrogens is 354 g/mol. The Labute approximate surface area is 163 Å². The van der Waals surface area contributed by atoms with E-state index in [0.717, 1.165) is 64.6 Å². The van der Waals surface area contributed by atoms with Crippen molar-refractivity contribution in [2.75, 3.05) is 13.1 Å². The van der Waals surface area contributed by atoms with E-state index in [1.807, 2.05) is 18.2 Å². The first-order valence-electron chi connectivity index (χ1n) is 10.2. The van der Waals surface area contributed by atoms with Crippen LogP contribution >= 0.6 is 0 Å². The second kappa shape index (κ2) is 7.76. The topological polar surface area (TPSA) is 37.4 Å². The Hall–Kier alpha value is -1.65. The normalized spacial score (nSPS) is 19.3. The highest BCUT2D eigenvalue weighted by atomic mass is 32.2. The molecule has 2 aliphatic rings. The zero-order valence-electron chi connectivity index (χ0n) is 15.9. The van der Waals surface area contributed by atoms with Crippen LogP contribution in [-0.2, 0) is 22.8 Å². The van der Waals surface area contributed by atoms with E-state index in [0.29, 0.717) is 4.90 Å². The maximum Gasteiger partial charge on any atom is 0.184 e. The summed E-state index contributed by atoms with van der Waals surface area (Å²) in [6, 6.07) is 17.8. The first-order chi connectivity index (χ1) is 13.1. The van der Waals surface area contributed by atoms with E-state index in [4.69, 9.17) is 0 Å². The van der Waals surface area contributed by atoms with Crippen molar-refractivity contribution < 1.29 is 8.42 Å². The van der Waals surface area contributed by atoms with Gasteiger partial charge in [0.05, 0.1) is 9.64 Å². The van der Waals surface area contributed by atoms with Gasteiger partial charge in [-0.05, 0) is 61.9 Å². The summed E-state index contributed by atoms with van der Waals surface area (Å²) in [5.74, 6) is 0. The van der Waals surface area contributed by atoms with Crippen molar-refractivity contribution in [1.82, 2.24) is 4.90 Å². The lowest BCUT2D eigenvalue weighted by atomic mass is 9.80. The van der Waals surface area contributed by atoms with Crippen molar-refractivity contribution in [3.8, 4) is 0 Å². The number of hydrogen-bond donors (Lipinski definition) is 0. The fraction of sp³-hybridized carbons (Fsp3) is 0.478. The highest BCUT2D eigenvalue weighted by Crippen LogP contribution is 2.46. The molecule has 27 heavy (non-hydrogen) atoms. The fourth-order valence-electron chi connectivity index (χ4n) is 4.60. The van der Waals surface area contributed by atoms with Crippen LogP contribution in [0.5, 0.6) is 0 Å². The molecule has 0 bridgehead atoms. The summed E-state index contributed by atoms with van der Waals surface area (Å²) in [6.07, 6.45) is 6.67. The Morgan fingerprint density at radius 1 is 0.889 bits per heavy atom. The Bertz CT molecular complexity index is 872. The van der Waals surface area contributed by atoms with Crippen molar-refractivity contribution >= 4 is 9.84 Å². The molecular formula is C23H29NO2S. The van der Waals surface area contributed by atoms with E-state index in [1.54, 1.807) is 12.1 Å². The molecule has 2 aromatic carbocycles. The van der Waals surface area contributed by atoms with Gasteiger partial charge in [0.25, 0.3) is 0 Å². The predicted molar refractivity (Wildman–Crippen MR) is 109 cm³/mol. The third-order valence-electron chi connectivity index (χ3n) is 6.45. The average Bonchev–Trinajstić information content (AvgIpc) is 2.67. The van der Waals surface area contributed by atoms with Gasteiger partial charge in [0.15, 0.2) is 9.84 Å². The molecule has 0 atom stereocenters. The molecule has 1 aliphatic heterocycles. The molecule has 0 N–H and O–H groups in total. The van der Waals surface area contributed by atoms with Gasteiger partial charge in [-0.25, -0.2) is 8.42 Å². The second-order valence-electron chi connectivity index (χ2n) is 8.11. The van der Waals surface area contributed by atoms with Gasteiger partial charge >= 0.3 is 0 Å². The number of fused-ring (bicyclic) bond motifs is 1. The van der Waals surface area contributed by atoms with Crippen molar-refractivity contribution in [1.29, 1.82) is 0 Å². The molecule has 0 amide bonds. The largest absolute Gasteiger partial charge is 0.299 e. The average molecular weight is 384 g/mol. The summed E-state index contributed by atoms with van der Waals surface area (Å²) in [4.78, 5) is 3.01. The van der Waals surface area contributed by atoms with Crippen LogP contribution in [0.4, 0.5) is 0 Å². The lowest BCUT2D eigenvalue weighted by molar-refractivity contribution is 0.240. The molecule has 144 valence electrons. The van der Waals surface area contributed by atoms with Gasteiger partial charge in [0.1, 0.15) is 0 Å². The summed E-state index contributed by atoms with van der Waals surface area (Å²) >= 11 is 0. The number of sulfone groups is 1. The third kappa shape index (κ3) is 3.70. The Balaban J connectivity index is 1.32. The van der Waals surface area contributed by atoms with Crippen molar-refractivity contribution in [2.45, 2.75) is 61.1 Å². The molecule has 0 spiro atoms. The standard InChI is InChI=1S/C23H29NO2S/c25-27(26,22-11-2-1-3-12-22)23(15-8-16-23)14-6-7-17-24-18-13-20-9-4-5-10-21(20)19-24/h1-5,9-12H,6-8,13-19H2. The van der Waals surface area contributed by atoms with Gasteiger partial charge in [0, 0.05) is 13.1 Å². The molecule has 3 nitrogen and oxygen atoms in total. The highest BCUT2D eigenvalue weighted by Gasteiger charge is 2.48. The first kappa shape index (κ1) is 18.7. The van der Waals surface area contributed by atoms with Gasteiger partial charge in [-0.3, -0.25) is 4.90 Å². The van der Waals surface area contributed by atoms with Gasteiger partial charge in [0.2, 0.25) is 0 Å². The number of hydrogen-bond acceptors (Lipinski definition) is 3. The summed E-state index contributed by atoms with van der Waals surface area (Å²) in [5, 5.41) is 0. The van der Waals surface area contributed by atoms with Crippen molar-refractivity contribution in [3.63, 3.8) is 0 Å². The Morgan fingerprint density at radius 2 is 1.59 bits per heavy atom. The second-order valence-corrected chi connectivity index (χ2v) is 10.4. The molecule has 4 heteroatoms. The van der Waals surface area contributed by atoms with Crippen LogP contribution in [0.1, 0.15) is 49.7 Å². The summed E-state index contributed by atoms with van der Waals surface area (Å²) in [7, 11) is -3.22. The van der Waals surface area contributed by atoms with Crippen LogP contribution in [0, 0.1) is 0 Å². The highest BCUT2D eigenvalue weighted by molar-refractivity contribution is 7.93. The molecule has 0 radical (unpaired) electrons. The molecule has 2 aromatic rings. The molecule has 1 fully saturated rings. The van der Waals surface area contributed by atoms with Crippen LogP contribution < -0.4 is 0 Å². The fourth-order valence-corrected chi connectivity index (χ4v) is 6.86. The number of benzene rings is 2. The number of rotatable bonds is 7. The number of unbranched alkanes of at least 4 members (excludes halogenated alkanes) is 1. The quantitative estimate of drug-likeness (QED) is 0.655. The molecule has 0 saturated heterocycles. The van der Waals surface area contributed by atoms with Gasteiger partial charge in [-0.2, -0.15) is 0 Å². The third-order valence-corrected chi connectivity index (χ3v) is 9.10. The lowest BCUT2D eigenvalue weighted by Gasteiger charge is -2.41. The zero-order chi connectivity index (χ0) is 18.7. The van der Waals surface area contributed by atoms with Crippen LogP contribution in [-0.4, -0.2) is 31.2 Å². The van der Waals surface area contributed by atoms with E-state index in [1.165, 1.54) is 11.1 Å². The monoisotopic (exact) mass is 383 g/mol. The summed E-state index contributed by atoms with van der Waals surface area (Å²) in [5.41, 5.74) is 2.93. The van der Waals surface area contributed by atoms with E-state index in [2.05, 4.69) is 29.2 Å². The maximum absolute atomic E-state index is 13.2. The van der Waals surface area contributed by atoms with Crippen molar-refractivity contribution in [3.05, 3.63) is 65.7 Å². The smallest absolute Gasteiger partial charge is 0.184 e. The molecule has 4 rings (SSSR count). The zero-order valence-corrected chi connectivity index (χ0v) is 16.8. The van der Waals surface area contributed by atoms with E-state index >= 15 is 0 Å². The molecule has 1 heterocycles. The molecule has 1 aliphatic carbocycles. The van der Waals surface area contributed by atoms with Gasteiger partial charge in [-0.1, -0.05) is 55.3 Å². The SMILES string of the molecule is O=S(=O)(c1ccccc1)C1(CCCCN2CCc3ccccc3C2)CCC1. The maximum atomic E-state index is 13.2. The van der Waals surface area contributed by atoms with E-state index in [9.17, 15) is 8.42 Å². The lowest BCUT2D eigenvalue weighted by Crippen LogP contribution is -2.45. The van der Waals surface area contributed by atoms with Gasteiger partial charge in [-0.15, -0.1) is 0 Å². The summed E-state index contributed by atoms with van der Waals surface area (Å²) in [6.45, 7) is 3.21. The Morgan fingerprint density at radius 3 is 2.30 bits per heavy atom. The Kier molecular flexibility index (Phi) is 5.38. The minimum absolute atomic E-state index is 0.498. The van der Waals surface area contributed by atoms with E-state index < -0.39 is 14.6 Å². The first-order valence-corrected chi connectivity index (χ1v) is 11.7. The van der Waals surface area contributed by atoms with Crippen molar-refractivity contribution in [2.24, 2.45) is 0 Å². The minimum Gasteiger partial charge on any atom is -0.299 e. The van der Waals surface area contributed by atoms with Crippen LogP contribution in [0.25, 0.3) is 0 Å². The van der Waals surface area contributed by atoms with Crippen LogP contribution in [0.2, 0.25) is 0 Å². The predicted octanol–water partition coefficient (Wildman–Crippen LogP) is 4.61. The van der Waals surface area contributed by atoms with Gasteiger partial charge < -0.3 is 0 Å². The molecule has 1 saturated carbocycles. The van der Waals surface area contributed by atoms with Crippen LogP contribution in [0.15, 0.2) is 59.5 Å². The van der Waals surface area contributed by atoms with E-state index in [-0.39, 0.29) is 0 Å².